The standard InChI is InChI=1S/C14H19N5O2/c1-11-18-13(19-21-11)10-17-14(15-2)16-8-9-20-12-6-4-3-5-7-12/h3-7H,8-10H2,1-2H3,(H2,15,16,17). The van der Waals surface area contributed by atoms with Crippen molar-refractivity contribution < 1.29 is 9.26 Å². The number of aliphatic imine (C=N–C) groups is 1. The molecule has 2 rings (SSSR count). The van der Waals surface area contributed by atoms with Crippen LogP contribution in [0.25, 0.3) is 0 Å². The van der Waals surface area contributed by atoms with Gasteiger partial charge in [-0.05, 0) is 12.1 Å². The first-order valence-corrected chi connectivity index (χ1v) is 6.69. The zero-order valence-electron chi connectivity index (χ0n) is 12.2. The first-order valence-electron chi connectivity index (χ1n) is 6.69. The average molecular weight is 289 g/mol. The molecule has 0 spiro atoms. The Bertz CT molecular complexity index is 568. The van der Waals surface area contributed by atoms with E-state index in [0.29, 0.717) is 37.4 Å². The molecule has 1 aromatic carbocycles. The highest BCUT2D eigenvalue weighted by atomic mass is 16.5. The Hall–Kier alpha value is -2.57. The van der Waals surface area contributed by atoms with E-state index in [2.05, 4.69) is 25.8 Å². The third kappa shape index (κ3) is 5.13. The van der Waals surface area contributed by atoms with Crippen LogP contribution in [-0.4, -0.2) is 36.3 Å². The minimum absolute atomic E-state index is 0.455. The number of hydrogen-bond donors (Lipinski definition) is 2. The first-order chi connectivity index (χ1) is 10.3. The van der Waals surface area contributed by atoms with Gasteiger partial charge < -0.3 is 19.9 Å². The van der Waals surface area contributed by atoms with Gasteiger partial charge in [0.1, 0.15) is 12.4 Å². The minimum Gasteiger partial charge on any atom is -0.492 e. The van der Waals surface area contributed by atoms with Gasteiger partial charge >= 0.3 is 0 Å². The predicted molar refractivity (Wildman–Crippen MR) is 79.2 cm³/mol. The number of benzene rings is 1. The Kier molecular flexibility index (Phi) is 5.57. The summed E-state index contributed by atoms with van der Waals surface area (Å²) in [5.74, 6) is 2.65. The maximum atomic E-state index is 5.58. The van der Waals surface area contributed by atoms with Gasteiger partial charge in [-0.1, -0.05) is 23.4 Å². The lowest BCUT2D eigenvalue weighted by molar-refractivity contribution is 0.322. The van der Waals surface area contributed by atoms with Crippen LogP contribution < -0.4 is 15.4 Å². The van der Waals surface area contributed by atoms with Gasteiger partial charge in [0.2, 0.25) is 5.89 Å². The van der Waals surface area contributed by atoms with Crippen molar-refractivity contribution >= 4 is 5.96 Å². The van der Waals surface area contributed by atoms with E-state index in [0.717, 1.165) is 5.75 Å². The van der Waals surface area contributed by atoms with Gasteiger partial charge in [-0.2, -0.15) is 4.98 Å². The summed E-state index contributed by atoms with van der Waals surface area (Å²) in [5.41, 5.74) is 0. The van der Waals surface area contributed by atoms with Crippen molar-refractivity contribution in [3.63, 3.8) is 0 Å². The molecule has 0 radical (unpaired) electrons. The number of ether oxygens (including phenoxy) is 1. The van der Waals surface area contributed by atoms with E-state index in [-0.39, 0.29) is 0 Å². The summed E-state index contributed by atoms with van der Waals surface area (Å²) >= 11 is 0. The lowest BCUT2D eigenvalue weighted by atomic mass is 10.3. The Morgan fingerprint density at radius 1 is 1.29 bits per heavy atom. The maximum Gasteiger partial charge on any atom is 0.223 e. The van der Waals surface area contributed by atoms with E-state index in [4.69, 9.17) is 9.26 Å². The highest BCUT2D eigenvalue weighted by Crippen LogP contribution is 2.07. The van der Waals surface area contributed by atoms with Crippen molar-refractivity contribution in [2.24, 2.45) is 4.99 Å². The summed E-state index contributed by atoms with van der Waals surface area (Å²) in [7, 11) is 1.70. The highest BCUT2D eigenvalue weighted by molar-refractivity contribution is 5.79. The summed E-state index contributed by atoms with van der Waals surface area (Å²) < 4.78 is 10.5. The molecule has 0 aliphatic carbocycles. The van der Waals surface area contributed by atoms with Crippen molar-refractivity contribution in [2.45, 2.75) is 13.5 Å². The van der Waals surface area contributed by atoms with E-state index in [9.17, 15) is 0 Å². The molecule has 1 aromatic heterocycles. The normalized spacial score (nSPS) is 11.2. The quantitative estimate of drug-likeness (QED) is 0.471. The summed E-state index contributed by atoms with van der Waals surface area (Å²) in [6, 6.07) is 9.68. The fourth-order valence-electron chi connectivity index (χ4n) is 1.65. The van der Waals surface area contributed by atoms with Crippen LogP contribution in [-0.2, 0) is 6.54 Å². The minimum atomic E-state index is 0.455. The van der Waals surface area contributed by atoms with Gasteiger partial charge in [-0.25, -0.2) is 0 Å². The molecule has 2 aromatic rings. The summed E-state index contributed by atoms with van der Waals surface area (Å²) in [4.78, 5) is 8.21. The Balaban J connectivity index is 1.66. The van der Waals surface area contributed by atoms with Crippen LogP contribution in [0.4, 0.5) is 0 Å². The van der Waals surface area contributed by atoms with E-state index in [1.807, 2.05) is 30.3 Å². The lowest BCUT2D eigenvalue weighted by Crippen LogP contribution is -2.39. The zero-order valence-corrected chi connectivity index (χ0v) is 12.2. The van der Waals surface area contributed by atoms with Crippen molar-refractivity contribution in [1.82, 2.24) is 20.8 Å². The molecular weight excluding hydrogens is 270 g/mol. The Morgan fingerprint density at radius 2 is 2.10 bits per heavy atom. The van der Waals surface area contributed by atoms with Crippen LogP contribution in [0.3, 0.4) is 0 Å². The molecule has 0 bridgehead atoms. The summed E-state index contributed by atoms with van der Waals surface area (Å²) in [6.45, 7) is 3.40. The molecule has 0 unspecified atom stereocenters. The van der Waals surface area contributed by atoms with E-state index in [1.165, 1.54) is 0 Å². The SMILES string of the molecule is CN=C(NCCOc1ccccc1)NCc1noc(C)n1. The molecule has 0 aliphatic heterocycles. The lowest BCUT2D eigenvalue weighted by Gasteiger charge is -2.11. The van der Waals surface area contributed by atoms with Crippen molar-refractivity contribution in [2.75, 3.05) is 20.2 Å². The van der Waals surface area contributed by atoms with Gasteiger partial charge in [0.25, 0.3) is 0 Å². The monoisotopic (exact) mass is 289 g/mol. The molecule has 0 saturated heterocycles. The van der Waals surface area contributed by atoms with E-state index < -0.39 is 0 Å². The van der Waals surface area contributed by atoms with E-state index >= 15 is 0 Å². The zero-order chi connectivity index (χ0) is 14.9. The third-order valence-corrected chi connectivity index (χ3v) is 2.61. The van der Waals surface area contributed by atoms with Crippen molar-refractivity contribution in [3.8, 4) is 5.75 Å². The number of aromatic nitrogens is 2. The maximum absolute atomic E-state index is 5.58. The molecule has 7 nitrogen and oxygen atoms in total. The molecule has 7 heteroatoms. The molecule has 112 valence electrons. The van der Waals surface area contributed by atoms with Gasteiger partial charge in [0.15, 0.2) is 11.8 Å². The molecule has 2 N–H and O–H groups in total. The van der Waals surface area contributed by atoms with Crippen molar-refractivity contribution in [3.05, 3.63) is 42.0 Å². The smallest absolute Gasteiger partial charge is 0.223 e. The average Bonchev–Trinajstić information content (AvgIpc) is 2.93. The number of nitrogens with one attached hydrogen (secondary N) is 2. The number of para-hydroxylation sites is 1. The summed E-state index contributed by atoms with van der Waals surface area (Å²) in [5, 5.41) is 10.0. The van der Waals surface area contributed by atoms with Gasteiger partial charge in [0, 0.05) is 14.0 Å². The van der Waals surface area contributed by atoms with Gasteiger partial charge in [-0.3, -0.25) is 4.99 Å². The number of nitrogens with zero attached hydrogens (tertiary/aromatic N) is 3. The van der Waals surface area contributed by atoms with Gasteiger partial charge in [-0.15, -0.1) is 0 Å². The number of rotatable bonds is 6. The summed E-state index contributed by atoms with van der Waals surface area (Å²) in [6.07, 6.45) is 0. The topological polar surface area (TPSA) is 84.6 Å². The fourth-order valence-corrected chi connectivity index (χ4v) is 1.65. The van der Waals surface area contributed by atoms with Crippen LogP contribution in [0.2, 0.25) is 0 Å². The van der Waals surface area contributed by atoms with E-state index in [1.54, 1.807) is 14.0 Å². The van der Waals surface area contributed by atoms with Crippen LogP contribution >= 0.6 is 0 Å². The first kappa shape index (κ1) is 14.8. The largest absolute Gasteiger partial charge is 0.492 e. The second-order valence-corrected chi connectivity index (χ2v) is 4.24. The number of aryl methyl sites for hydroxylation is 1. The molecular formula is C14H19N5O2. The van der Waals surface area contributed by atoms with Crippen LogP contribution in [0.15, 0.2) is 39.8 Å². The molecule has 0 atom stereocenters. The molecule has 0 saturated carbocycles. The number of guanidine groups is 1. The third-order valence-electron chi connectivity index (χ3n) is 2.61. The van der Waals surface area contributed by atoms with Gasteiger partial charge in [0.05, 0.1) is 13.1 Å². The number of hydrogen-bond acceptors (Lipinski definition) is 5. The molecule has 0 amide bonds. The Morgan fingerprint density at radius 3 is 2.76 bits per heavy atom. The van der Waals surface area contributed by atoms with Crippen LogP contribution in [0.5, 0.6) is 5.75 Å². The van der Waals surface area contributed by atoms with Crippen LogP contribution in [0.1, 0.15) is 11.7 Å². The molecule has 0 aliphatic rings. The molecule has 21 heavy (non-hydrogen) atoms. The van der Waals surface area contributed by atoms with Crippen molar-refractivity contribution in [1.29, 1.82) is 0 Å². The predicted octanol–water partition coefficient (Wildman–Crippen LogP) is 1.12. The molecule has 0 fully saturated rings. The fraction of sp³-hybridized carbons (Fsp3) is 0.357. The second kappa shape index (κ2) is 7.88. The molecule has 1 heterocycles. The second-order valence-electron chi connectivity index (χ2n) is 4.24. The van der Waals surface area contributed by atoms with Crippen LogP contribution in [0, 0.1) is 6.92 Å². The highest BCUT2D eigenvalue weighted by Gasteiger charge is 2.03. The Labute approximate surface area is 123 Å².